The highest BCUT2D eigenvalue weighted by molar-refractivity contribution is 5.78. The van der Waals surface area contributed by atoms with Crippen LogP contribution in [0.1, 0.15) is 23.6 Å². The quantitative estimate of drug-likeness (QED) is 0.542. The minimum atomic E-state index is -0.325. The third-order valence-electron chi connectivity index (χ3n) is 4.75. The van der Waals surface area contributed by atoms with Crippen molar-refractivity contribution in [3.63, 3.8) is 0 Å². The van der Waals surface area contributed by atoms with E-state index in [1.54, 1.807) is 18.5 Å². The van der Waals surface area contributed by atoms with Crippen molar-refractivity contribution in [2.24, 2.45) is 0 Å². The van der Waals surface area contributed by atoms with Crippen molar-refractivity contribution in [3.8, 4) is 0 Å². The second kappa shape index (κ2) is 8.05. The topological polar surface area (TPSA) is 46.9 Å². The standard InChI is InChI=1S/C23H20FN3O/c24-19-12-10-18(11-13-19)23(17-6-2-1-3-7-17)26-22(28)14-15-27-16-25-20-8-4-5-9-21(20)27/h1-13,16,23H,14-15H2,(H,26,28). The molecule has 28 heavy (non-hydrogen) atoms. The summed E-state index contributed by atoms with van der Waals surface area (Å²) >= 11 is 0. The second-order valence-corrected chi connectivity index (χ2v) is 6.64. The Balaban J connectivity index is 1.50. The van der Waals surface area contributed by atoms with Gasteiger partial charge in [0.2, 0.25) is 5.91 Å². The van der Waals surface area contributed by atoms with E-state index in [2.05, 4.69) is 10.3 Å². The van der Waals surface area contributed by atoms with Crippen molar-refractivity contribution < 1.29 is 9.18 Å². The number of hydrogen-bond acceptors (Lipinski definition) is 2. The van der Waals surface area contributed by atoms with Crippen LogP contribution in [0.25, 0.3) is 11.0 Å². The van der Waals surface area contributed by atoms with E-state index < -0.39 is 0 Å². The summed E-state index contributed by atoms with van der Waals surface area (Å²) in [5.74, 6) is -0.371. The number of aryl methyl sites for hydroxylation is 1. The summed E-state index contributed by atoms with van der Waals surface area (Å²) < 4.78 is 15.3. The van der Waals surface area contributed by atoms with Crippen molar-refractivity contribution in [2.75, 3.05) is 0 Å². The first kappa shape index (κ1) is 17.9. The molecule has 4 aromatic rings. The summed E-state index contributed by atoms with van der Waals surface area (Å²) in [4.78, 5) is 17.0. The molecule has 0 aliphatic rings. The molecule has 5 heteroatoms. The van der Waals surface area contributed by atoms with E-state index in [4.69, 9.17) is 0 Å². The summed E-state index contributed by atoms with van der Waals surface area (Å²) in [6.45, 7) is 0.539. The average molecular weight is 373 g/mol. The normalized spacial score (nSPS) is 12.0. The molecule has 1 amide bonds. The lowest BCUT2D eigenvalue weighted by Crippen LogP contribution is -2.30. The lowest BCUT2D eigenvalue weighted by Gasteiger charge is -2.20. The van der Waals surface area contributed by atoms with Crippen LogP contribution in [0, 0.1) is 5.82 Å². The molecule has 1 N–H and O–H groups in total. The zero-order valence-electron chi connectivity index (χ0n) is 15.3. The number of benzene rings is 3. The highest BCUT2D eigenvalue weighted by atomic mass is 19.1. The molecule has 0 aliphatic heterocycles. The molecular weight excluding hydrogens is 353 g/mol. The van der Waals surface area contributed by atoms with Gasteiger partial charge >= 0.3 is 0 Å². The number of para-hydroxylation sites is 2. The molecule has 1 heterocycles. The van der Waals surface area contributed by atoms with Gasteiger partial charge in [-0.3, -0.25) is 4.79 Å². The van der Waals surface area contributed by atoms with Crippen LogP contribution in [-0.2, 0) is 11.3 Å². The van der Waals surface area contributed by atoms with Gasteiger partial charge in [-0.15, -0.1) is 0 Å². The predicted octanol–water partition coefficient (Wildman–Crippen LogP) is 4.47. The summed E-state index contributed by atoms with van der Waals surface area (Å²) in [6, 6.07) is 23.4. The van der Waals surface area contributed by atoms with Crippen LogP contribution in [0.4, 0.5) is 4.39 Å². The first-order valence-corrected chi connectivity index (χ1v) is 9.20. The van der Waals surface area contributed by atoms with Gasteiger partial charge in [-0.25, -0.2) is 9.37 Å². The van der Waals surface area contributed by atoms with Crippen LogP contribution < -0.4 is 5.32 Å². The van der Waals surface area contributed by atoms with Crippen molar-refractivity contribution in [2.45, 2.75) is 19.0 Å². The van der Waals surface area contributed by atoms with Crippen molar-refractivity contribution in [1.29, 1.82) is 0 Å². The van der Waals surface area contributed by atoms with Gasteiger partial charge in [-0.1, -0.05) is 54.6 Å². The molecule has 0 bridgehead atoms. The van der Waals surface area contributed by atoms with E-state index >= 15 is 0 Å². The maximum absolute atomic E-state index is 13.3. The van der Waals surface area contributed by atoms with Crippen LogP contribution in [0.15, 0.2) is 85.2 Å². The van der Waals surface area contributed by atoms with Crippen molar-refractivity contribution in [3.05, 3.63) is 102 Å². The lowest BCUT2D eigenvalue weighted by molar-refractivity contribution is -0.121. The Kier molecular flexibility index (Phi) is 5.15. The summed E-state index contributed by atoms with van der Waals surface area (Å²) in [7, 11) is 0. The third kappa shape index (κ3) is 3.93. The van der Waals surface area contributed by atoms with Crippen LogP contribution >= 0.6 is 0 Å². The number of rotatable bonds is 6. The summed E-state index contributed by atoms with van der Waals surface area (Å²) in [6.07, 6.45) is 2.08. The van der Waals surface area contributed by atoms with Gasteiger partial charge in [0.15, 0.2) is 0 Å². The van der Waals surface area contributed by atoms with Gasteiger partial charge in [0.1, 0.15) is 5.82 Å². The number of carbonyl (C=O) groups is 1. The fourth-order valence-electron chi connectivity index (χ4n) is 3.30. The number of nitrogens with zero attached hydrogens (tertiary/aromatic N) is 2. The maximum Gasteiger partial charge on any atom is 0.222 e. The molecule has 0 saturated carbocycles. The summed E-state index contributed by atoms with van der Waals surface area (Å²) in [5, 5.41) is 3.08. The monoisotopic (exact) mass is 373 g/mol. The molecule has 1 atom stereocenters. The third-order valence-corrected chi connectivity index (χ3v) is 4.75. The summed E-state index contributed by atoms with van der Waals surface area (Å²) in [5.41, 5.74) is 3.72. The largest absolute Gasteiger partial charge is 0.345 e. The number of imidazole rings is 1. The molecule has 0 fully saturated rings. The zero-order valence-corrected chi connectivity index (χ0v) is 15.3. The number of halogens is 1. The Bertz CT molecular complexity index is 1070. The van der Waals surface area contributed by atoms with Crippen LogP contribution in [-0.4, -0.2) is 15.5 Å². The maximum atomic E-state index is 13.3. The molecule has 0 spiro atoms. The smallest absolute Gasteiger partial charge is 0.222 e. The van der Waals surface area contributed by atoms with Crippen molar-refractivity contribution in [1.82, 2.24) is 14.9 Å². The van der Waals surface area contributed by atoms with Crippen molar-refractivity contribution >= 4 is 16.9 Å². The number of carbonyl (C=O) groups excluding carboxylic acids is 1. The molecule has 1 aromatic heterocycles. The molecule has 3 aromatic carbocycles. The minimum Gasteiger partial charge on any atom is -0.345 e. The Morgan fingerprint density at radius 1 is 0.929 bits per heavy atom. The second-order valence-electron chi connectivity index (χ2n) is 6.64. The van der Waals surface area contributed by atoms with E-state index in [0.717, 1.165) is 22.2 Å². The minimum absolute atomic E-state index is 0.0732. The Morgan fingerprint density at radius 3 is 2.39 bits per heavy atom. The van der Waals surface area contributed by atoms with Crippen LogP contribution in [0.3, 0.4) is 0 Å². The molecule has 0 radical (unpaired) electrons. The van der Waals surface area contributed by atoms with Gasteiger partial charge in [-0.2, -0.15) is 0 Å². The van der Waals surface area contributed by atoms with E-state index in [1.165, 1.54) is 12.1 Å². The van der Waals surface area contributed by atoms with E-state index in [0.29, 0.717) is 13.0 Å². The Labute approximate surface area is 162 Å². The lowest BCUT2D eigenvalue weighted by atomic mass is 9.98. The number of fused-ring (bicyclic) bond motifs is 1. The van der Waals surface area contributed by atoms with E-state index in [9.17, 15) is 9.18 Å². The van der Waals surface area contributed by atoms with E-state index in [1.807, 2.05) is 59.2 Å². The number of aromatic nitrogens is 2. The fraction of sp³-hybridized carbons (Fsp3) is 0.130. The molecule has 140 valence electrons. The first-order valence-electron chi connectivity index (χ1n) is 9.20. The molecule has 0 saturated heterocycles. The molecular formula is C23H20FN3O. The van der Waals surface area contributed by atoms with Crippen LogP contribution in [0.5, 0.6) is 0 Å². The van der Waals surface area contributed by atoms with Gasteiger partial charge in [0, 0.05) is 13.0 Å². The SMILES string of the molecule is O=C(CCn1cnc2ccccc21)NC(c1ccccc1)c1ccc(F)cc1. The Hall–Kier alpha value is -3.47. The zero-order chi connectivity index (χ0) is 19.3. The highest BCUT2D eigenvalue weighted by Crippen LogP contribution is 2.22. The number of nitrogens with one attached hydrogen (secondary N) is 1. The average Bonchev–Trinajstić information content (AvgIpc) is 3.15. The molecule has 4 rings (SSSR count). The number of amides is 1. The van der Waals surface area contributed by atoms with Gasteiger partial charge in [0.25, 0.3) is 0 Å². The molecule has 4 nitrogen and oxygen atoms in total. The van der Waals surface area contributed by atoms with Gasteiger partial charge in [-0.05, 0) is 35.4 Å². The molecule has 1 unspecified atom stereocenters. The Morgan fingerprint density at radius 2 is 1.61 bits per heavy atom. The fourth-order valence-corrected chi connectivity index (χ4v) is 3.30. The van der Waals surface area contributed by atoms with Crippen LogP contribution in [0.2, 0.25) is 0 Å². The van der Waals surface area contributed by atoms with Gasteiger partial charge < -0.3 is 9.88 Å². The number of hydrogen-bond donors (Lipinski definition) is 1. The predicted molar refractivity (Wildman–Crippen MR) is 107 cm³/mol. The molecule has 0 aliphatic carbocycles. The van der Waals surface area contributed by atoms with E-state index in [-0.39, 0.29) is 17.8 Å². The first-order chi connectivity index (χ1) is 13.7. The van der Waals surface area contributed by atoms with Gasteiger partial charge in [0.05, 0.1) is 23.4 Å². The highest BCUT2D eigenvalue weighted by Gasteiger charge is 2.17.